The first-order chi connectivity index (χ1) is 19.1. The third-order valence-corrected chi connectivity index (χ3v) is 5.44. The maximum atomic E-state index is 11.4. The number of hydrogen-bond acceptors (Lipinski definition) is 11. The van der Waals surface area contributed by atoms with Crippen LogP contribution in [0.2, 0.25) is 0 Å². The predicted molar refractivity (Wildman–Crippen MR) is 143 cm³/mol. The molecule has 12 nitrogen and oxygen atoms in total. The van der Waals surface area contributed by atoms with Gasteiger partial charge in [0.1, 0.15) is 0 Å². The van der Waals surface area contributed by atoms with Crippen LogP contribution in [0.1, 0.15) is 20.3 Å². The minimum Gasteiger partial charge on any atom is -0.379 e. The highest BCUT2D eigenvalue weighted by atomic mass is 16.6. The van der Waals surface area contributed by atoms with Crippen molar-refractivity contribution in [1.82, 2.24) is 4.90 Å². The lowest BCUT2D eigenvalue weighted by atomic mass is 10.1. The Labute approximate surface area is 233 Å². The Bertz CT molecular complexity index is 603. The number of ether oxygens (including phenoxy) is 9. The first-order valence-corrected chi connectivity index (χ1v) is 13.9. The van der Waals surface area contributed by atoms with E-state index in [9.17, 15) is 9.59 Å². The number of imide groups is 1. The van der Waals surface area contributed by atoms with E-state index in [4.69, 9.17) is 42.6 Å². The van der Waals surface area contributed by atoms with Crippen molar-refractivity contribution in [2.45, 2.75) is 20.3 Å². The molecular weight excluding hydrogens is 514 g/mol. The summed E-state index contributed by atoms with van der Waals surface area (Å²) >= 11 is 0. The van der Waals surface area contributed by atoms with E-state index in [0.29, 0.717) is 112 Å². The molecule has 0 aromatic heterocycles. The molecule has 2 amide bonds. The average molecular weight is 564 g/mol. The van der Waals surface area contributed by atoms with E-state index < -0.39 is 0 Å². The Kier molecular flexibility index (Phi) is 24.4. The highest BCUT2D eigenvalue weighted by molar-refractivity contribution is 6.12. The summed E-state index contributed by atoms with van der Waals surface area (Å²) in [6, 6.07) is 0. The van der Waals surface area contributed by atoms with Crippen LogP contribution < -0.4 is 0 Å². The topological polar surface area (TPSA) is 120 Å². The third-order valence-electron chi connectivity index (χ3n) is 5.44. The first-order valence-electron chi connectivity index (χ1n) is 13.9. The molecule has 0 fully saturated rings. The van der Waals surface area contributed by atoms with E-state index in [2.05, 4.69) is 13.8 Å². The molecule has 1 atom stereocenters. The molecule has 1 unspecified atom stereocenters. The minimum atomic E-state index is -0.302. The minimum absolute atomic E-state index is 0.245. The lowest BCUT2D eigenvalue weighted by Gasteiger charge is -2.13. The van der Waals surface area contributed by atoms with Crippen molar-refractivity contribution >= 4 is 11.8 Å². The molecular formula is C27H49NO11. The predicted octanol–water partition coefficient (Wildman–Crippen LogP) is 1.11. The van der Waals surface area contributed by atoms with Crippen LogP contribution in [0, 0.1) is 5.92 Å². The molecule has 0 spiro atoms. The van der Waals surface area contributed by atoms with Crippen LogP contribution in [-0.2, 0) is 52.2 Å². The fourth-order valence-electron chi connectivity index (χ4n) is 2.97. The van der Waals surface area contributed by atoms with Gasteiger partial charge in [-0.1, -0.05) is 20.3 Å². The lowest BCUT2D eigenvalue weighted by molar-refractivity contribution is -0.137. The molecule has 0 N–H and O–H groups in total. The number of nitrogens with zero attached hydrogens (tertiary/aromatic N) is 1. The summed E-state index contributed by atoms with van der Waals surface area (Å²) in [5.74, 6) is -0.0119. The molecule has 228 valence electrons. The van der Waals surface area contributed by atoms with Gasteiger partial charge in [0.25, 0.3) is 11.8 Å². The largest absolute Gasteiger partial charge is 0.379 e. The van der Waals surface area contributed by atoms with Crippen LogP contribution in [-0.4, -0.2) is 142 Å². The zero-order valence-corrected chi connectivity index (χ0v) is 23.8. The fraction of sp³-hybridized carbons (Fsp3) is 0.852. The van der Waals surface area contributed by atoms with Crippen LogP contribution in [0.5, 0.6) is 0 Å². The second-order valence-electron chi connectivity index (χ2n) is 8.65. The highest BCUT2D eigenvalue weighted by Crippen LogP contribution is 2.02. The molecule has 1 rings (SSSR count). The quantitative estimate of drug-likeness (QED) is 0.0923. The van der Waals surface area contributed by atoms with Crippen molar-refractivity contribution in [1.29, 1.82) is 0 Å². The van der Waals surface area contributed by atoms with Crippen LogP contribution in [0.15, 0.2) is 12.2 Å². The lowest BCUT2D eigenvalue weighted by Crippen LogP contribution is -2.33. The summed E-state index contributed by atoms with van der Waals surface area (Å²) in [7, 11) is 0. The molecule has 1 heterocycles. The number of amides is 2. The normalized spacial score (nSPS) is 14.2. The van der Waals surface area contributed by atoms with Crippen LogP contribution in [0.4, 0.5) is 0 Å². The van der Waals surface area contributed by atoms with Crippen LogP contribution in [0.3, 0.4) is 0 Å². The van der Waals surface area contributed by atoms with E-state index in [1.807, 2.05) is 0 Å². The summed E-state index contributed by atoms with van der Waals surface area (Å²) < 4.78 is 49.0. The molecule has 0 aromatic carbocycles. The molecule has 1 aliphatic heterocycles. The first kappa shape index (κ1) is 35.5. The molecule has 0 saturated heterocycles. The van der Waals surface area contributed by atoms with E-state index in [0.717, 1.165) is 17.9 Å². The molecule has 1 aliphatic rings. The number of carbonyl (C=O) groups is 2. The molecule has 0 radical (unpaired) electrons. The van der Waals surface area contributed by atoms with Crippen molar-refractivity contribution < 1.29 is 52.2 Å². The molecule has 0 aliphatic carbocycles. The van der Waals surface area contributed by atoms with Crippen molar-refractivity contribution in [3.63, 3.8) is 0 Å². The van der Waals surface area contributed by atoms with Gasteiger partial charge in [0.2, 0.25) is 0 Å². The molecule has 12 heteroatoms. The van der Waals surface area contributed by atoms with E-state index in [1.54, 1.807) is 0 Å². The Balaban J connectivity index is 1.65. The molecule has 0 bridgehead atoms. The van der Waals surface area contributed by atoms with Crippen molar-refractivity contribution in [3.05, 3.63) is 12.2 Å². The monoisotopic (exact) mass is 563 g/mol. The maximum absolute atomic E-state index is 11.4. The number of carbonyl (C=O) groups excluding carboxylic acids is 2. The van der Waals surface area contributed by atoms with Gasteiger partial charge in [0.05, 0.1) is 119 Å². The van der Waals surface area contributed by atoms with Gasteiger partial charge in [-0.05, 0) is 5.92 Å². The van der Waals surface area contributed by atoms with Gasteiger partial charge < -0.3 is 42.6 Å². The standard InChI is InChI=1S/C27H49NO11/c1-3-25(2)24-39-23-22-38-21-20-37-19-18-36-17-16-35-15-14-34-13-12-33-11-10-32-9-8-31-7-6-28-26(29)4-5-27(28)30/h4-5,25H,3,6-24H2,1-2H3. The average Bonchev–Trinajstić information content (AvgIpc) is 3.26. The van der Waals surface area contributed by atoms with Gasteiger partial charge >= 0.3 is 0 Å². The van der Waals surface area contributed by atoms with E-state index in [1.165, 1.54) is 12.2 Å². The Morgan fingerprint density at radius 2 is 0.795 bits per heavy atom. The summed E-state index contributed by atoms with van der Waals surface area (Å²) in [5, 5.41) is 0. The van der Waals surface area contributed by atoms with Gasteiger partial charge in [-0.15, -0.1) is 0 Å². The number of hydrogen-bond donors (Lipinski definition) is 0. The Morgan fingerprint density at radius 1 is 0.513 bits per heavy atom. The van der Waals surface area contributed by atoms with Crippen molar-refractivity contribution in [3.8, 4) is 0 Å². The third kappa shape index (κ3) is 22.0. The summed E-state index contributed by atoms with van der Waals surface area (Å²) in [6.45, 7) is 13.7. The second-order valence-corrected chi connectivity index (χ2v) is 8.65. The van der Waals surface area contributed by atoms with Crippen molar-refractivity contribution in [2.75, 3.05) is 125 Å². The van der Waals surface area contributed by atoms with Gasteiger partial charge in [-0.3, -0.25) is 14.5 Å². The Morgan fingerprint density at radius 3 is 1.10 bits per heavy atom. The number of rotatable bonds is 30. The summed E-state index contributed by atoms with van der Waals surface area (Å²) in [5.41, 5.74) is 0. The molecule has 0 saturated carbocycles. The fourth-order valence-corrected chi connectivity index (χ4v) is 2.97. The van der Waals surface area contributed by atoms with Crippen LogP contribution >= 0.6 is 0 Å². The maximum Gasteiger partial charge on any atom is 0.253 e. The highest BCUT2D eigenvalue weighted by Gasteiger charge is 2.22. The van der Waals surface area contributed by atoms with Crippen LogP contribution in [0.25, 0.3) is 0 Å². The van der Waals surface area contributed by atoms with E-state index in [-0.39, 0.29) is 25.0 Å². The van der Waals surface area contributed by atoms with Gasteiger partial charge in [-0.25, -0.2) is 0 Å². The summed E-state index contributed by atoms with van der Waals surface area (Å²) in [4.78, 5) is 23.9. The van der Waals surface area contributed by atoms with Gasteiger partial charge in [0, 0.05) is 18.8 Å². The van der Waals surface area contributed by atoms with Crippen molar-refractivity contribution in [2.24, 2.45) is 5.92 Å². The molecule has 0 aromatic rings. The van der Waals surface area contributed by atoms with E-state index >= 15 is 0 Å². The van der Waals surface area contributed by atoms with Gasteiger partial charge in [0.15, 0.2) is 0 Å². The van der Waals surface area contributed by atoms with Gasteiger partial charge in [-0.2, -0.15) is 0 Å². The SMILES string of the molecule is CCC(C)COCCOCCOCCOCCOCCOCCOCCOCCOCCN1C(=O)C=CC1=O. The Hall–Kier alpha value is -1.48. The second kappa shape index (κ2) is 26.7. The zero-order chi connectivity index (χ0) is 28.2. The smallest absolute Gasteiger partial charge is 0.253 e. The zero-order valence-electron chi connectivity index (χ0n) is 23.8. The summed E-state index contributed by atoms with van der Waals surface area (Å²) in [6.07, 6.45) is 3.64. The molecule has 39 heavy (non-hydrogen) atoms.